The highest BCUT2D eigenvalue weighted by molar-refractivity contribution is 7.88. The maximum absolute atomic E-state index is 11.8. The largest absolute Gasteiger partial charge is 0.376 e. The van der Waals surface area contributed by atoms with Gasteiger partial charge in [-0.15, -0.1) is 11.3 Å². The Labute approximate surface area is 177 Å². The van der Waals surface area contributed by atoms with Crippen LogP contribution in [0, 0.1) is 0 Å². The van der Waals surface area contributed by atoms with Gasteiger partial charge in [0.15, 0.2) is 0 Å². The molecular formula is C21H29N3O3S2. The molecule has 2 aliphatic rings. The standard InChI is InChI=1S/C21H29N3O3S2/c1-29(25,26)23-19-11-12-24(21-13-22-15-28-21)20(19)14-27-18-9-7-17(8-10-18)16-5-3-2-4-6-16/h2-6,13,15,17-20,23H,7-12,14H2,1H3/t17?,18?,19-,20-/m0/s1. The van der Waals surface area contributed by atoms with Crippen molar-refractivity contribution >= 4 is 26.4 Å². The third-order valence-corrected chi connectivity index (χ3v) is 7.60. The molecular weight excluding hydrogens is 406 g/mol. The maximum atomic E-state index is 11.8. The lowest BCUT2D eigenvalue weighted by Gasteiger charge is -2.33. The van der Waals surface area contributed by atoms with Crippen molar-refractivity contribution in [2.45, 2.75) is 56.2 Å². The van der Waals surface area contributed by atoms with Gasteiger partial charge >= 0.3 is 0 Å². The molecule has 0 bridgehead atoms. The SMILES string of the molecule is CS(=O)(=O)N[C@H]1CCN(c2cncs2)[C@H]1COC1CCC(c2ccccc2)CC1. The van der Waals surface area contributed by atoms with E-state index in [1.54, 1.807) is 11.3 Å². The zero-order valence-corrected chi connectivity index (χ0v) is 18.4. The van der Waals surface area contributed by atoms with Gasteiger partial charge in [0.25, 0.3) is 0 Å². The second kappa shape index (κ2) is 9.12. The number of ether oxygens (including phenoxy) is 1. The number of hydrogen-bond donors (Lipinski definition) is 1. The molecule has 0 amide bonds. The Bertz CT molecular complexity index is 866. The first-order valence-corrected chi connectivity index (χ1v) is 13.1. The minimum absolute atomic E-state index is 0.00276. The Hall–Kier alpha value is -1.48. The average molecular weight is 436 g/mol. The summed E-state index contributed by atoms with van der Waals surface area (Å²) in [5.41, 5.74) is 3.24. The third-order valence-electron chi connectivity index (χ3n) is 6.06. The molecule has 0 unspecified atom stereocenters. The zero-order chi connectivity index (χ0) is 20.3. The highest BCUT2D eigenvalue weighted by Crippen LogP contribution is 2.35. The Morgan fingerprint density at radius 1 is 1.17 bits per heavy atom. The van der Waals surface area contributed by atoms with Crippen LogP contribution in [0.5, 0.6) is 0 Å². The number of sulfonamides is 1. The Morgan fingerprint density at radius 2 is 1.93 bits per heavy atom. The summed E-state index contributed by atoms with van der Waals surface area (Å²) in [5, 5.41) is 1.07. The van der Waals surface area contributed by atoms with Gasteiger partial charge in [0.2, 0.25) is 10.0 Å². The Kier molecular flexibility index (Phi) is 6.53. The van der Waals surface area contributed by atoms with Gasteiger partial charge < -0.3 is 9.64 Å². The molecule has 1 saturated carbocycles. The molecule has 2 heterocycles. The number of rotatable bonds is 7. The summed E-state index contributed by atoms with van der Waals surface area (Å²) in [6.45, 7) is 1.34. The van der Waals surface area contributed by atoms with Crippen LogP contribution in [0.4, 0.5) is 5.00 Å². The van der Waals surface area contributed by atoms with Crippen LogP contribution in [0.3, 0.4) is 0 Å². The summed E-state index contributed by atoms with van der Waals surface area (Å²) in [7, 11) is -3.26. The minimum atomic E-state index is -3.26. The molecule has 2 fully saturated rings. The molecule has 4 rings (SSSR count). The van der Waals surface area contributed by atoms with Crippen LogP contribution >= 0.6 is 11.3 Å². The van der Waals surface area contributed by atoms with Crippen molar-refractivity contribution < 1.29 is 13.2 Å². The number of thiazole rings is 1. The number of benzene rings is 1. The minimum Gasteiger partial charge on any atom is -0.376 e. The van der Waals surface area contributed by atoms with Gasteiger partial charge in [-0.25, -0.2) is 13.1 Å². The van der Waals surface area contributed by atoms with E-state index in [0.717, 1.165) is 43.6 Å². The first-order valence-electron chi connectivity index (χ1n) is 10.3. The van der Waals surface area contributed by atoms with Gasteiger partial charge in [0.05, 0.1) is 36.7 Å². The van der Waals surface area contributed by atoms with Gasteiger partial charge in [-0.1, -0.05) is 30.3 Å². The smallest absolute Gasteiger partial charge is 0.209 e. The van der Waals surface area contributed by atoms with Crippen LogP contribution in [0.2, 0.25) is 0 Å². The number of anilines is 1. The summed E-state index contributed by atoms with van der Waals surface area (Å²) in [5.74, 6) is 0.621. The highest BCUT2D eigenvalue weighted by Gasteiger charge is 2.37. The fraction of sp³-hybridized carbons (Fsp3) is 0.571. The predicted molar refractivity (Wildman–Crippen MR) is 117 cm³/mol. The van der Waals surface area contributed by atoms with E-state index in [0.29, 0.717) is 12.5 Å². The normalized spacial score (nSPS) is 28.0. The molecule has 1 aliphatic heterocycles. The van der Waals surface area contributed by atoms with E-state index in [1.807, 2.05) is 11.7 Å². The van der Waals surface area contributed by atoms with E-state index in [9.17, 15) is 8.42 Å². The molecule has 1 N–H and O–H groups in total. The lowest BCUT2D eigenvalue weighted by Crippen LogP contribution is -2.47. The summed E-state index contributed by atoms with van der Waals surface area (Å²) in [6, 6.07) is 10.6. The van der Waals surface area contributed by atoms with Crippen LogP contribution in [-0.2, 0) is 14.8 Å². The molecule has 158 valence electrons. The van der Waals surface area contributed by atoms with Crippen molar-refractivity contribution in [2.24, 2.45) is 0 Å². The quantitative estimate of drug-likeness (QED) is 0.722. The monoisotopic (exact) mass is 435 g/mol. The topological polar surface area (TPSA) is 71.5 Å². The van der Waals surface area contributed by atoms with Gasteiger partial charge in [-0.2, -0.15) is 0 Å². The van der Waals surface area contributed by atoms with Crippen LogP contribution in [0.1, 0.15) is 43.6 Å². The van der Waals surface area contributed by atoms with Crippen LogP contribution < -0.4 is 9.62 Å². The fourth-order valence-corrected chi connectivity index (χ4v) is 6.16. The van der Waals surface area contributed by atoms with Crippen molar-refractivity contribution in [3.63, 3.8) is 0 Å². The molecule has 2 atom stereocenters. The lowest BCUT2D eigenvalue weighted by atomic mass is 9.83. The molecule has 1 saturated heterocycles. The molecule has 8 heteroatoms. The van der Waals surface area contributed by atoms with E-state index < -0.39 is 10.0 Å². The van der Waals surface area contributed by atoms with E-state index >= 15 is 0 Å². The maximum Gasteiger partial charge on any atom is 0.209 e. The molecule has 2 aromatic rings. The van der Waals surface area contributed by atoms with E-state index in [-0.39, 0.29) is 18.2 Å². The molecule has 1 aliphatic carbocycles. The van der Waals surface area contributed by atoms with E-state index in [2.05, 4.69) is 44.9 Å². The van der Waals surface area contributed by atoms with E-state index in [4.69, 9.17) is 4.74 Å². The number of aromatic nitrogens is 1. The second-order valence-corrected chi connectivity index (χ2v) is 10.7. The Balaban J connectivity index is 1.36. The summed E-state index contributed by atoms with van der Waals surface area (Å²) in [4.78, 5) is 6.43. The molecule has 1 aromatic carbocycles. The van der Waals surface area contributed by atoms with Gasteiger partial charge in [-0.3, -0.25) is 4.98 Å². The summed E-state index contributed by atoms with van der Waals surface area (Å²) >= 11 is 1.59. The number of hydrogen-bond acceptors (Lipinski definition) is 6. The molecule has 0 radical (unpaired) electrons. The summed E-state index contributed by atoms with van der Waals surface area (Å²) < 4.78 is 32.8. The van der Waals surface area contributed by atoms with E-state index in [1.165, 1.54) is 11.8 Å². The van der Waals surface area contributed by atoms with Crippen LogP contribution in [0.25, 0.3) is 0 Å². The molecule has 6 nitrogen and oxygen atoms in total. The van der Waals surface area contributed by atoms with Crippen molar-refractivity contribution in [1.82, 2.24) is 9.71 Å². The molecule has 1 aromatic heterocycles. The highest BCUT2D eigenvalue weighted by atomic mass is 32.2. The van der Waals surface area contributed by atoms with Crippen molar-refractivity contribution in [1.29, 1.82) is 0 Å². The Morgan fingerprint density at radius 3 is 2.59 bits per heavy atom. The zero-order valence-electron chi connectivity index (χ0n) is 16.7. The first-order chi connectivity index (χ1) is 14.0. The lowest BCUT2D eigenvalue weighted by molar-refractivity contribution is 0.0157. The number of nitrogens with one attached hydrogen (secondary N) is 1. The fourth-order valence-electron chi connectivity index (χ4n) is 4.62. The van der Waals surface area contributed by atoms with Crippen molar-refractivity contribution in [2.75, 3.05) is 24.3 Å². The number of nitrogens with zero attached hydrogens (tertiary/aromatic N) is 2. The second-order valence-electron chi connectivity index (χ2n) is 8.10. The van der Waals surface area contributed by atoms with Gasteiger partial charge in [0.1, 0.15) is 5.00 Å². The van der Waals surface area contributed by atoms with Crippen LogP contribution in [-0.4, -0.2) is 51.0 Å². The molecule has 29 heavy (non-hydrogen) atoms. The summed E-state index contributed by atoms with van der Waals surface area (Å²) in [6.07, 6.45) is 8.49. The predicted octanol–water partition coefficient (Wildman–Crippen LogP) is 3.38. The molecule has 0 spiro atoms. The first kappa shape index (κ1) is 20.8. The third kappa shape index (κ3) is 5.36. The van der Waals surface area contributed by atoms with Crippen LogP contribution in [0.15, 0.2) is 42.0 Å². The van der Waals surface area contributed by atoms with Crippen molar-refractivity contribution in [3.05, 3.63) is 47.6 Å². The van der Waals surface area contributed by atoms with Gasteiger partial charge in [0, 0.05) is 12.6 Å². The van der Waals surface area contributed by atoms with Gasteiger partial charge in [-0.05, 0) is 43.6 Å². The average Bonchev–Trinajstić information content (AvgIpc) is 3.36. The van der Waals surface area contributed by atoms with Crippen molar-refractivity contribution in [3.8, 4) is 0 Å².